The van der Waals surface area contributed by atoms with Crippen LogP contribution in [-0.4, -0.2) is 32.1 Å². The van der Waals surface area contributed by atoms with E-state index in [0.717, 1.165) is 21.4 Å². The fourth-order valence-electron chi connectivity index (χ4n) is 3.00. The zero-order chi connectivity index (χ0) is 18.9. The molecule has 0 saturated carbocycles. The van der Waals surface area contributed by atoms with Crippen molar-refractivity contribution in [1.29, 1.82) is 0 Å². The van der Waals surface area contributed by atoms with Gasteiger partial charge in [-0.25, -0.2) is 8.42 Å². The molecule has 0 aliphatic carbocycles. The highest BCUT2D eigenvalue weighted by Gasteiger charge is 2.38. The average molecular weight is 456 g/mol. The van der Waals surface area contributed by atoms with Crippen molar-refractivity contribution in [2.45, 2.75) is 30.0 Å². The Bertz CT molecular complexity index is 882. The van der Waals surface area contributed by atoms with Gasteiger partial charge in [-0.3, -0.25) is 0 Å². The molecular formula is C19H22BrNO3S2. The Morgan fingerprint density at radius 2 is 1.88 bits per heavy atom. The number of hydrogen-bond donors (Lipinski definition) is 0. The molecule has 2 aromatic rings. The average Bonchev–Trinajstić information content (AvgIpc) is 3.12. The van der Waals surface area contributed by atoms with Gasteiger partial charge in [-0.1, -0.05) is 41.9 Å². The topological polar surface area (TPSA) is 46.6 Å². The van der Waals surface area contributed by atoms with Crippen LogP contribution in [0.5, 0.6) is 5.75 Å². The Kier molecular flexibility index (Phi) is 6.01. The lowest BCUT2D eigenvalue weighted by atomic mass is 10.0. The lowest BCUT2D eigenvalue weighted by Gasteiger charge is -2.25. The first-order valence-corrected chi connectivity index (χ1v) is 11.7. The molecule has 26 heavy (non-hydrogen) atoms. The van der Waals surface area contributed by atoms with Crippen LogP contribution in [0.1, 0.15) is 36.3 Å². The Labute approximate surface area is 168 Å². The first kappa shape index (κ1) is 19.7. The molecule has 0 amide bonds. The summed E-state index contributed by atoms with van der Waals surface area (Å²) in [7, 11) is -1.97. The van der Waals surface area contributed by atoms with E-state index in [9.17, 15) is 8.42 Å². The van der Waals surface area contributed by atoms with E-state index in [4.69, 9.17) is 4.74 Å². The second-order valence-electron chi connectivity index (χ2n) is 6.45. The maximum absolute atomic E-state index is 13.2. The molecule has 2 aromatic carbocycles. The van der Waals surface area contributed by atoms with Gasteiger partial charge in [-0.2, -0.15) is 4.31 Å². The third-order valence-corrected chi connectivity index (χ3v) is 8.21. The van der Waals surface area contributed by atoms with E-state index in [2.05, 4.69) is 29.8 Å². The molecule has 0 unspecified atom stereocenters. The molecule has 1 atom stereocenters. The van der Waals surface area contributed by atoms with Crippen LogP contribution in [0.3, 0.4) is 0 Å². The molecule has 7 heteroatoms. The Morgan fingerprint density at radius 3 is 2.50 bits per heavy atom. The van der Waals surface area contributed by atoms with Gasteiger partial charge in [0, 0.05) is 22.3 Å². The second-order valence-corrected chi connectivity index (χ2v) is 10.4. The molecule has 4 nitrogen and oxygen atoms in total. The summed E-state index contributed by atoms with van der Waals surface area (Å²) in [5.74, 6) is 1.82. The van der Waals surface area contributed by atoms with Gasteiger partial charge in [0.15, 0.2) is 0 Å². The number of benzene rings is 2. The quantitative estimate of drug-likeness (QED) is 0.634. The lowest BCUT2D eigenvalue weighted by Crippen LogP contribution is -2.30. The van der Waals surface area contributed by atoms with E-state index < -0.39 is 10.0 Å². The zero-order valence-corrected chi connectivity index (χ0v) is 18.2. The van der Waals surface area contributed by atoms with Gasteiger partial charge in [0.2, 0.25) is 10.0 Å². The summed E-state index contributed by atoms with van der Waals surface area (Å²) in [6.07, 6.45) is 0. The van der Waals surface area contributed by atoms with Crippen LogP contribution in [0.4, 0.5) is 0 Å². The number of hydrogen-bond acceptors (Lipinski definition) is 4. The van der Waals surface area contributed by atoms with Crippen LogP contribution in [0.15, 0.2) is 51.8 Å². The standard InChI is InChI=1S/C19H22BrNO3S2/c1-13(2)14-4-7-16(8-5-14)26(22,23)21-10-11-25-19(21)17-12-15(20)6-9-18(17)24-3/h4-9,12-13,19H,10-11H2,1-3H3/t19-/m1/s1. The predicted molar refractivity (Wildman–Crippen MR) is 110 cm³/mol. The number of rotatable bonds is 5. The summed E-state index contributed by atoms with van der Waals surface area (Å²) in [6, 6.07) is 12.9. The Morgan fingerprint density at radius 1 is 1.19 bits per heavy atom. The Balaban J connectivity index is 1.98. The molecular weight excluding hydrogens is 434 g/mol. The maximum atomic E-state index is 13.2. The van der Waals surface area contributed by atoms with E-state index >= 15 is 0 Å². The van der Waals surface area contributed by atoms with Gasteiger partial charge in [-0.05, 0) is 41.8 Å². The lowest BCUT2D eigenvalue weighted by molar-refractivity contribution is 0.390. The van der Waals surface area contributed by atoms with Crippen LogP contribution in [0, 0.1) is 0 Å². The van der Waals surface area contributed by atoms with E-state index in [0.29, 0.717) is 23.1 Å². The molecule has 140 valence electrons. The van der Waals surface area contributed by atoms with E-state index in [1.807, 2.05) is 30.3 Å². The van der Waals surface area contributed by atoms with Crippen LogP contribution in [0.2, 0.25) is 0 Å². The van der Waals surface area contributed by atoms with Crippen molar-refractivity contribution in [3.05, 3.63) is 58.1 Å². The first-order valence-electron chi connectivity index (χ1n) is 8.41. The van der Waals surface area contributed by atoms with E-state index in [1.165, 1.54) is 0 Å². The molecule has 0 N–H and O–H groups in total. The highest BCUT2D eigenvalue weighted by molar-refractivity contribution is 9.10. The summed E-state index contributed by atoms with van der Waals surface area (Å²) in [4.78, 5) is 0.336. The summed E-state index contributed by atoms with van der Waals surface area (Å²) in [5, 5.41) is -0.294. The minimum Gasteiger partial charge on any atom is -0.496 e. The Hall–Kier alpha value is -1.02. The largest absolute Gasteiger partial charge is 0.496 e. The number of thioether (sulfide) groups is 1. The van der Waals surface area contributed by atoms with Gasteiger partial charge >= 0.3 is 0 Å². The van der Waals surface area contributed by atoms with Crippen molar-refractivity contribution in [1.82, 2.24) is 4.31 Å². The number of sulfonamides is 1. The number of methoxy groups -OCH3 is 1. The molecule has 1 aliphatic rings. The molecule has 0 aromatic heterocycles. The summed E-state index contributed by atoms with van der Waals surface area (Å²) in [6.45, 7) is 4.67. The number of ether oxygens (including phenoxy) is 1. The van der Waals surface area contributed by atoms with E-state index in [-0.39, 0.29) is 5.37 Å². The molecule has 1 aliphatic heterocycles. The van der Waals surface area contributed by atoms with Crippen LogP contribution < -0.4 is 4.74 Å². The third kappa shape index (κ3) is 3.81. The van der Waals surface area contributed by atoms with Crippen molar-refractivity contribution in [2.24, 2.45) is 0 Å². The fourth-order valence-corrected chi connectivity index (χ4v) is 6.63. The molecule has 0 spiro atoms. The highest BCUT2D eigenvalue weighted by Crippen LogP contribution is 2.45. The normalized spacial score (nSPS) is 18.4. The van der Waals surface area contributed by atoms with Crippen LogP contribution in [-0.2, 0) is 10.0 Å². The zero-order valence-electron chi connectivity index (χ0n) is 15.0. The van der Waals surface area contributed by atoms with Gasteiger partial charge in [-0.15, -0.1) is 11.8 Å². The van der Waals surface area contributed by atoms with Crippen molar-refractivity contribution in [3.63, 3.8) is 0 Å². The fraction of sp³-hybridized carbons (Fsp3) is 0.368. The summed E-state index contributed by atoms with van der Waals surface area (Å²) in [5.41, 5.74) is 2.00. The summed E-state index contributed by atoms with van der Waals surface area (Å²) < 4.78 is 34.4. The van der Waals surface area contributed by atoms with Gasteiger partial charge in [0.1, 0.15) is 5.75 Å². The smallest absolute Gasteiger partial charge is 0.244 e. The highest BCUT2D eigenvalue weighted by atomic mass is 79.9. The maximum Gasteiger partial charge on any atom is 0.244 e. The first-order chi connectivity index (χ1) is 12.3. The van der Waals surface area contributed by atoms with Crippen LogP contribution >= 0.6 is 27.7 Å². The van der Waals surface area contributed by atoms with Crippen molar-refractivity contribution in [3.8, 4) is 5.75 Å². The van der Waals surface area contributed by atoms with Gasteiger partial charge < -0.3 is 4.74 Å². The van der Waals surface area contributed by atoms with Crippen molar-refractivity contribution >= 4 is 37.7 Å². The van der Waals surface area contributed by atoms with Crippen LogP contribution in [0.25, 0.3) is 0 Å². The minimum atomic E-state index is -3.57. The molecule has 0 bridgehead atoms. The van der Waals surface area contributed by atoms with Gasteiger partial charge in [0.25, 0.3) is 0 Å². The molecule has 1 fully saturated rings. The molecule has 1 saturated heterocycles. The summed E-state index contributed by atoms with van der Waals surface area (Å²) >= 11 is 5.09. The minimum absolute atomic E-state index is 0.294. The third-order valence-electron chi connectivity index (χ3n) is 4.46. The number of nitrogens with zero attached hydrogens (tertiary/aromatic N) is 1. The molecule has 1 heterocycles. The number of halogens is 1. The monoisotopic (exact) mass is 455 g/mol. The molecule has 0 radical (unpaired) electrons. The van der Waals surface area contributed by atoms with E-state index in [1.54, 1.807) is 35.3 Å². The predicted octanol–water partition coefficient (Wildman–Crippen LogP) is 5.02. The molecule has 3 rings (SSSR count). The SMILES string of the molecule is COc1ccc(Br)cc1[C@H]1SCCN1S(=O)(=O)c1ccc(C(C)C)cc1. The second kappa shape index (κ2) is 7.92. The van der Waals surface area contributed by atoms with Gasteiger partial charge in [0.05, 0.1) is 17.4 Å². The van der Waals surface area contributed by atoms with Crippen molar-refractivity contribution in [2.75, 3.05) is 19.4 Å². The van der Waals surface area contributed by atoms with Crippen molar-refractivity contribution < 1.29 is 13.2 Å².